The molecule has 0 saturated heterocycles. The molecule has 0 spiro atoms. The highest BCUT2D eigenvalue weighted by atomic mass is 32.2. The molecule has 0 bridgehead atoms. The van der Waals surface area contributed by atoms with E-state index in [0.717, 1.165) is 38.7 Å². The second-order valence-corrected chi connectivity index (χ2v) is 8.63. The van der Waals surface area contributed by atoms with Crippen LogP contribution in [0, 0.1) is 0 Å². The van der Waals surface area contributed by atoms with E-state index in [-0.39, 0.29) is 0 Å². The van der Waals surface area contributed by atoms with Gasteiger partial charge >= 0.3 is 0 Å². The number of aromatic nitrogens is 7. The monoisotopic (exact) mass is 417 g/mol. The van der Waals surface area contributed by atoms with Gasteiger partial charge in [-0.15, -0.1) is 20.4 Å². The summed E-state index contributed by atoms with van der Waals surface area (Å²) in [6.07, 6.45) is 2.34. The van der Waals surface area contributed by atoms with Crippen LogP contribution in [0.2, 0.25) is 0 Å². The van der Waals surface area contributed by atoms with Crippen molar-refractivity contribution in [3.05, 3.63) is 65.1 Å². The van der Waals surface area contributed by atoms with Crippen LogP contribution in [-0.2, 0) is 0 Å². The average molecular weight is 418 g/mol. The van der Waals surface area contributed by atoms with E-state index in [9.17, 15) is 0 Å². The van der Waals surface area contributed by atoms with Crippen LogP contribution in [0.5, 0.6) is 0 Å². The summed E-state index contributed by atoms with van der Waals surface area (Å²) >= 11 is 3.13. The van der Waals surface area contributed by atoms with Gasteiger partial charge in [0.1, 0.15) is 10.9 Å². The van der Waals surface area contributed by atoms with Gasteiger partial charge < -0.3 is 0 Å². The zero-order valence-electron chi connectivity index (χ0n) is 15.2. The van der Waals surface area contributed by atoms with Crippen LogP contribution in [0.15, 0.2) is 69.5 Å². The molecule has 142 valence electrons. The van der Waals surface area contributed by atoms with Crippen molar-refractivity contribution >= 4 is 28.7 Å². The number of fused-ring (bicyclic) bond motifs is 1. The highest BCUT2D eigenvalue weighted by Gasteiger charge is 2.31. The lowest BCUT2D eigenvalue weighted by molar-refractivity contribution is 0.820. The fourth-order valence-electron chi connectivity index (χ4n) is 3.26. The van der Waals surface area contributed by atoms with Crippen molar-refractivity contribution in [2.24, 2.45) is 0 Å². The number of rotatable bonds is 5. The summed E-state index contributed by atoms with van der Waals surface area (Å²) in [7, 11) is 0. The minimum atomic E-state index is 0.496. The van der Waals surface area contributed by atoms with Crippen molar-refractivity contribution in [2.75, 3.05) is 0 Å². The number of nitrogens with zero attached hydrogens (tertiary/aromatic N) is 7. The molecule has 29 heavy (non-hydrogen) atoms. The van der Waals surface area contributed by atoms with E-state index in [1.54, 1.807) is 15.9 Å². The molecule has 0 aliphatic heterocycles. The van der Waals surface area contributed by atoms with Gasteiger partial charge in [0.05, 0.1) is 0 Å². The van der Waals surface area contributed by atoms with E-state index in [4.69, 9.17) is 5.10 Å². The summed E-state index contributed by atoms with van der Waals surface area (Å²) in [5, 5.41) is 28.0. The molecule has 1 saturated carbocycles. The molecule has 1 aliphatic rings. The predicted octanol–water partition coefficient (Wildman–Crippen LogP) is 4.46. The maximum atomic E-state index is 4.77. The first-order valence-electron chi connectivity index (χ1n) is 9.30. The van der Waals surface area contributed by atoms with Crippen LogP contribution in [0.4, 0.5) is 0 Å². The minimum absolute atomic E-state index is 0.496. The highest BCUT2D eigenvalue weighted by Crippen LogP contribution is 2.41. The first-order valence-corrected chi connectivity index (χ1v) is 11.1. The number of thiophene rings is 1. The zero-order valence-corrected chi connectivity index (χ0v) is 16.8. The number of hydrogen-bond donors (Lipinski definition) is 0. The van der Waals surface area contributed by atoms with Crippen molar-refractivity contribution < 1.29 is 0 Å². The van der Waals surface area contributed by atoms with Crippen molar-refractivity contribution in [1.82, 2.24) is 34.6 Å². The Labute approximate surface area is 174 Å². The van der Waals surface area contributed by atoms with Gasteiger partial charge in [0.25, 0.3) is 0 Å². The van der Waals surface area contributed by atoms with E-state index in [1.165, 1.54) is 24.6 Å². The van der Waals surface area contributed by atoms with E-state index in [0.29, 0.717) is 5.92 Å². The topological polar surface area (TPSA) is 73.8 Å². The summed E-state index contributed by atoms with van der Waals surface area (Å²) < 4.78 is 3.94. The van der Waals surface area contributed by atoms with E-state index < -0.39 is 0 Å². The molecule has 1 aliphatic carbocycles. The molecule has 4 heterocycles. The van der Waals surface area contributed by atoms with Gasteiger partial charge in [0.2, 0.25) is 5.16 Å². The molecule has 5 aromatic rings. The smallest absolute Gasteiger partial charge is 0.202 e. The van der Waals surface area contributed by atoms with Crippen LogP contribution < -0.4 is 0 Å². The SMILES string of the molecule is c1ccc(-n2c(Sc3ccc4nnc(-c5ccsc5)n4n3)nnc2C2CC2)cc1. The van der Waals surface area contributed by atoms with Gasteiger partial charge in [0, 0.05) is 22.5 Å². The van der Waals surface area contributed by atoms with Gasteiger partial charge in [-0.05, 0) is 60.3 Å². The molecular weight excluding hydrogens is 402 g/mol. The van der Waals surface area contributed by atoms with Crippen molar-refractivity contribution in [1.29, 1.82) is 0 Å². The first-order chi connectivity index (χ1) is 14.4. The summed E-state index contributed by atoms with van der Waals surface area (Å²) in [6, 6.07) is 16.2. The second-order valence-electron chi connectivity index (χ2n) is 6.87. The maximum absolute atomic E-state index is 4.77. The molecular formula is C20H15N7S2. The summed E-state index contributed by atoms with van der Waals surface area (Å²) in [5.74, 6) is 2.27. The van der Waals surface area contributed by atoms with E-state index in [1.807, 2.05) is 47.2 Å². The zero-order chi connectivity index (χ0) is 19.2. The van der Waals surface area contributed by atoms with Crippen LogP contribution in [0.1, 0.15) is 24.6 Å². The summed E-state index contributed by atoms with van der Waals surface area (Å²) in [6.45, 7) is 0. The fourth-order valence-corrected chi connectivity index (χ4v) is 4.72. The molecule has 1 fully saturated rings. The third-order valence-electron chi connectivity index (χ3n) is 4.83. The van der Waals surface area contributed by atoms with Crippen LogP contribution in [0.25, 0.3) is 22.7 Å². The van der Waals surface area contributed by atoms with Gasteiger partial charge in [-0.1, -0.05) is 18.2 Å². The third kappa shape index (κ3) is 3.02. The predicted molar refractivity (Wildman–Crippen MR) is 112 cm³/mol. The average Bonchev–Trinajstić information content (AvgIpc) is 3.15. The van der Waals surface area contributed by atoms with Gasteiger partial charge in [-0.25, -0.2) is 0 Å². The Morgan fingerprint density at radius 3 is 2.62 bits per heavy atom. The largest absolute Gasteiger partial charge is 0.273 e. The Morgan fingerprint density at radius 1 is 0.931 bits per heavy atom. The van der Waals surface area contributed by atoms with Gasteiger partial charge in [0.15, 0.2) is 11.5 Å². The normalized spacial score (nSPS) is 13.9. The molecule has 9 heteroatoms. The number of hydrogen-bond acceptors (Lipinski definition) is 7. The van der Waals surface area contributed by atoms with Crippen LogP contribution in [-0.4, -0.2) is 34.6 Å². The Hall–Kier alpha value is -3.04. The number of para-hydroxylation sites is 1. The third-order valence-corrected chi connectivity index (χ3v) is 6.39. The first kappa shape index (κ1) is 16.9. The van der Waals surface area contributed by atoms with Crippen molar-refractivity contribution in [2.45, 2.75) is 28.9 Å². The quantitative estimate of drug-likeness (QED) is 0.420. The molecule has 0 radical (unpaired) electrons. The molecule has 0 amide bonds. The number of benzene rings is 1. The van der Waals surface area contributed by atoms with Gasteiger partial charge in [-0.2, -0.15) is 21.0 Å². The van der Waals surface area contributed by atoms with E-state index >= 15 is 0 Å². The Morgan fingerprint density at radius 2 is 1.83 bits per heavy atom. The van der Waals surface area contributed by atoms with E-state index in [2.05, 4.69) is 37.1 Å². The highest BCUT2D eigenvalue weighted by molar-refractivity contribution is 7.99. The molecule has 6 rings (SSSR count). The summed E-state index contributed by atoms with van der Waals surface area (Å²) in [4.78, 5) is 0. The van der Waals surface area contributed by atoms with Crippen molar-refractivity contribution in [3.8, 4) is 17.1 Å². The van der Waals surface area contributed by atoms with Gasteiger partial charge in [-0.3, -0.25) is 4.57 Å². The van der Waals surface area contributed by atoms with Crippen molar-refractivity contribution in [3.63, 3.8) is 0 Å². The Bertz CT molecular complexity index is 1290. The molecule has 0 atom stereocenters. The molecule has 1 aromatic carbocycles. The minimum Gasteiger partial charge on any atom is -0.273 e. The molecule has 7 nitrogen and oxygen atoms in total. The maximum Gasteiger partial charge on any atom is 0.202 e. The molecule has 0 unspecified atom stereocenters. The standard InChI is InChI=1S/C20H15N7S2/c1-2-4-15(5-3-1)26-18(13-6-7-13)22-24-20(26)29-17-9-8-16-21-23-19(27(16)25-17)14-10-11-28-12-14/h1-5,8-13H,6-7H2. The Balaban J connectivity index is 1.42. The lowest BCUT2D eigenvalue weighted by Crippen LogP contribution is -2.02. The summed E-state index contributed by atoms with van der Waals surface area (Å²) in [5.41, 5.74) is 2.81. The lowest BCUT2D eigenvalue weighted by Gasteiger charge is -2.09. The lowest BCUT2D eigenvalue weighted by atomic mass is 10.3. The molecule has 4 aromatic heterocycles. The fraction of sp³-hybridized carbons (Fsp3) is 0.150. The van der Waals surface area contributed by atoms with Crippen LogP contribution >= 0.6 is 23.1 Å². The second kappa shape index (κ2) is 6.78. The Kier molecular flexibility index (Phi) is 3.95. The van der Waals surface area contributed by atoms with Crippen LogP contribution in [0.3, 0.4) is 0 Å². The molecule has 0 N–H and O–H groups in total.